The van der Waals surface area contributed by atoms with Gasteiger partial charge in [-0.15, -0.1) is 0 Å². The van der Waals surface area contributed by atoms with Crippen molar-refractivity contribution in [1.29, 1.82) is 0 Å². The van der Waals surface area contributed by atoms with Gasteiger partial charge in [0.05, 0.1) is 25.0 Å². The zero-order chi connectivity index (χ0) is 13.4. The number of hydrogen-bond donors (Lipinski definition) is 1. The molecule has 1 aromatic carbocycles. The molecule has 0 radical (unpaired) electrons. The third kappa shape index (κ3) is 5.72. The lowest BCUT2D eigenvalue weighted by Crippen LogP contribution is -2.15. The van der Waals surface area contributed by atoms with E-state index in [1.807, 2.05) is 24.3 Å². The molecule has 4 nitrogen and oxygen atoms in total. The lowest BCUT2D eigenvalue weighted by Gasteiger charge is -2.06. The Bertz CT molecular complexity index is 426. The molecule has 0 saturated carbocycles. The smallest absolute Gasteiger partial charge is 0.306 e. The van der Waals surface area contributed by atoms with Crippen molar-refractivity contribution in [3.05, 3.63) is 27.8 Å². The maximum Gasteiger partial charge on any atom is 0.306 e. The topological polar surface area (TPSA) is 55.4 Å². The minimum atomic E-state index is -0.250. The number of carbonyl (C=O) groups is 2. The van der Waals surface area contributed by atoms with Crippen molar-refractivity contribution in [1.82, 2.24) is 0 Å². The fourth-order valence-corrected chi connectivity index (χ4v) is 2.41. The van der Waals surface area contributed by atoms with E-state index in [9.17, 15) is 9.59 Å². The average molecular weight is 379 g/mol. The third-order valence-corrected chi connectivity index (χ3v) is 3.96. The average Bonchev–Trinajstić information content (AvgIpc) is 2.37. The molecule has 1 aromatic rings. The van der Waals surface area contributed by atoms with E-state index in [2.05, 4.69) is 32.6 Å². The monoisotopic (exact) mass is 379 g/mol. The van der Waals surface area contributed by atoms with Crippen LogP contribution in [0.2, 0.25) is 0 Å². The number of benzene rings is 1. The zero-order valence-corrected chi connectivity index (χ0v) is 12.9. The first-order chi connectivity index (χ1) is 8.63. The molecule has 0 fully saturated rings. The van der Waals surface area contributed by atoms with Crippen molar-refractivity contribution < 1.29 is 14.3 Å². The van der Waals surface area contributed by atoms with E-state index in [0.717, 1.165) is 9.26 Å². The molecule has 0 aliphatic rings. The minimum Gasteiger partial charge on any atom is -0.469 e. The first kappa shape index (κ1) is 15.3. The summed E-state index contributed by atoms with van der Waals surface area (Å²) in [5, 5.41) is 2.83. The highest BCUT2D eigenvalue weighted by molar-refractivity contribution is 14.1. The summed E-state index contributed by atoms with van der Waals surface area (Å²) < 4.78 is 5.52. The molecule has 1 rings (SSSR count). The fourth-order valence-electron chi connectivity index (χ4n) is 1.17. The number of rotatable bonds is 6. The van der Waals surface area contributed by atoms with Crippen molar-refractivity contribution in [2.75, 3.05) is 23.9 Å². The van der Waals surface area contributed by atoms with Crippen LogP contribution >= 0.6 is 34.4 Å². The summed E-state index contributed by atoms with van der Waals surface area (Å²) in [6, 6.07) is 7.59. The Hall–Kier alpha value is -0.760. The number of halogens is 1. The van der Waals surface area contributed by atoms with E-state index >= 15 is 0 Å². The largest absolute Gasteiger partial charge is 0.469 e. The second kappa shape index (κ2) is 8.36. The summed E-state index contributed by atoms with van der Waals surface area (Å²) in [5.41, 5.74) is 0.816. The molecule has 0 aromatic heterocycles. The standard InChI is InChI=1S/C12H14INO3S/c1-17-12(16)6-7-18-8-11(15)14-10-5-3-2-4-9(10)13/h2-5H,6-8H2,1H3,(H,14,15). The Morgan fingerprint density at radius 2 is 2.11 bits per heavy atom. The lowest BCUT2D eigenvalue weighted by molar-refractivity contribution is -0.140. The summed E-state index contributed by atoms with van der Waals surface area (Å²) in [5.74, 6) is 0.614. The normalized spacial score (nSPS) is 9.89. The van der Waals surface area contributed by atoms with Crippen LogP contribution in [-0.2, 0) is 14.3 Å². The maximum atomic E-state index is 11.6. The molecule has 0 heterocycles. The predicted molar refractivity (Wildman–Crippen MR) is 81.7 cm³/mol. The van der Waals surface area contributed by atoms with Crippen LogP contribution in [0.15, 0.2) is 24.3 Å². The first-order valence-electron chi connectivity index (χ1n) is 5.32. The number of amides is 1. The van der Waals surface area contributed by atoms with Crippen LogP contribution in [0.25, 0.3) is 0 Å². The SMILES string of the molecule is COC(=O)CCSCC(=O)Nc1ccccc1I. The highest BCUT2D eigenvalue weighted by Gasteiger charge is 2.06. The Balaban J connectivity index is 2.26. The molecule has 0 spiro atoms. The van der Waals surface area contributed by atoms with E-state index in [4.69, 9.17) is 0 Å². The van der Waals surface area contributed by atoms with E-state index in [1.165, 1.54) is 18.9 Å². The maximum absolute atomic E-state index is 11.6. The second-order valence-corrected chi connectivity index (χ2v) is 5.67. The second-order valence-electron chi connectivity index (χ2n) is 3.41. The molecular weight excluding hydrogens is 365 g/mol. The van der Waals surface area contributed by atoms with Crippen molar-refractivity contribution >= 4 is 51.9 Å². The number of methoxy groups -OCH3 is 1. The molecule has 18 heavy (non-hydrogen) atoms. The predicted octanol–water partition coefficient (Wildman–Crippen LogP) is 2.53. The number of ether oxygens (including phenoxy) is 1. The zero-order valence-electron chi connectivity index (χ0n) is 9.94. The Morgan fingerprint density at radius 3 is 2.78 bits per heavy atom. The molecule has 1 N–H and O–H groups in total. The number of nitrogens with one attached hydrogen (secondary N) is 1. The quantitative estimate of drug-likeness (QED) is 0.469. The Morgan fingerprint density at radius 1 is 1.39 bits per heavy atom. The molecule has 98 valence electrons. The van der Waals surface area contributed by atoms with Gasteiger partial charge in [-0.05, 0) is 34.7 Å². The van der Waals surface area contributed by atoms with Gasteiger partial charge in [-0.3, -0.25) is 9.59 Å². The highest BCUT2D eigenvalue weighted by atomic mass is 127. The molecule has 0 aliphatic heterocycles. The summed E-state index contributed by atoms with van der Waals surface area (Å²) >= 11 is 3.58. The highest BCUT2D eigenvalue weighted by Crippen LogP contribution is 2.17. The number of anilines is 1. The molecule has 6 heteroatoms. The molecular formula is C12H14INO3S. The summed E-state index contributed by atoms with van der Waals surface area (Å²) in [6.45, 7) is 0. The summed E-state index contributed by atoms with van der Waals surface area (Å²) in [4.78, 5) is 22.5. The van der Waals surface area contributed by atoms with Crippen molar-refractivity contribution in [2.24, 2.45) is 0 Å². The molecule has 0 bridgehead atoms. The van der Waals surface area contributed by atoms with Gasteiger partial charge < -0.3 is 10.1 Å². The van der Waals surface area contributed by atoms with Crippen molar-refractivity contribution in [3.63, 3.8) is 0 Å². The number of thioether (sulfide) groups is 1. The first-order valence-corrected chi connectivity index (χ1v) is 7.55. The third-order valence-electron chi connectivity index (χ3n) is 2.06. The number of para-hydroxylation sites is 1. The number of carbonyl (C=O) groups excluding carboxylic acids is 2. The van der Waals surface area contributed by atoms with Crippen LogP contribution in [0.3, 0.4) is 0 Å². The van der Waals surface area contributed by atoms with Gasteiger partial charge in [-0.25, -0.2) is 0 Å². The van der Waals surface area contributed by atoms with Crippen LogP contribution in [0.1, 0.15) is 6.42 Å². The van der Waals surface area contributed by atoms with Crippen LogP contribution in [0.4, 0.5) is 5.69 Å². The van der Waals surface area contributed by atoms with Gasteiger partial charge >= 0.3 is 5.97 Å². The van der Waals surface area contributed by atoms with E-state index in [0.29, 0.717) is 17.9 Å². The lowest BCUT2D eigenvalue weighted by atomic mass is 10.3. The van der Waals surface area contributed by atoms with E-state index in [-0.39, 0.29) is 11.9 Å². The van der Waals surface area contributed by atoms with Gasteiger partial charge in [0.15, 0.2) is 0 Å². The van der Waals surface area contributed by atoms with E-state index in [1.54, 1.807) is 0 Å². The summed E-state index contributed by atoms with van der Waals surface area (Å²) in [7, 11) is 1.36. The molecule has 0 saturated heterocycles. The van der Waals surface area contributed by atoms with Gasteiger partial charge in [-0.1, -0.05) is 12.1 Å². The van der Waals surface area contributed by atoms with Gasteiger partial charge in [0, 0.05) is 9.32 Å². The summed E-state index contributed by atoms with van der Waals surface area (Å²) in [6.07, 6.45) is 0.331. The van der Waals surface area contributed by atoms with Crippen LogP contribution in [0, 0.1) is 3.57 Å². The van der Waals surface area contributed by atoms with Crippen LogP contribution in [-0.4, -0.2) is 30.5 Å². The van der Waals surface area contributed by atoms with E-state index < -0.39 is 0 Å². The van der Waals surface area contributed by atoms with Gasteiger partial charge in [0.25, 0.3) is 0 Å². The molecule has 0 unspecified atom stereocenters. The fraction of sp³-hybridized carbons (Fsp3) is 0.333. The molecule has 0 atom stereocenters. The Labute approximate surface area is 124 Å². The minimum absolute atomic E-state index is 0.0611. The van der Waals surface area contributed by atoms with Crippen molar-refractivity contribution in [2.45, 2.75) is 6.42 Å². The van der Waals surface area contributed by atoms with Crippen molar-refractivity contribution in [3.8, 4) is 0 Å². The Kier molecular flexibility index (Phi) is 7.11. The number of hydrogen-bond acceptors (Lipinski definition) is 4. The van der Waals surface area contributed by atoms with Gasteiger partial charge in [-0.2, -0.15) is 11.8 Å². The van der Waals surface area contributed by atoms with Crippen LogP contribution < -0.4 is 5.32 Å². The van der Waals surface area contributed by atoms with Crippen LogP contribution in [0.5, 0.6) is 0 Å². The van der Waals surface area contributed by atoms with Gasteiger partial charge in [0.2, 0.25) is 5.91 Å². The molecule has 1 amide bonds. The number of esters is 1. The molecule has 0 aliphatic carbocycles. The van der Waals surface area contributed by atoms with Gasteiger partial charge in [0.1, 0.15) is 0 Å².